The van der Waals surface area contributed by atoms with Crippen molar-refractivity contribution in [3.8, 4) is 0 Å². The summed E-state index contributed by atoms with van der Waals surface area (Å²) in [4.78, 5) is 28.0. The van der Waals surface area contributed by atoms with Crippen molar-refractivity contribution < 1.29 is 19.1 Å². The molecule has 0 spiro atoms. The smallest absolute Gasteiger partial charge is 0.348 e. The predicted molar refractivity (Wildman–Crippen MR) is 75.0 cm³/mol. The number of rotatable bonds is 1. The molecule has 3 rings (SSSR count). The largest absolute Gasteiger partial charge is 0.419 e. The zero-order valence-electron chi connectivity index (χ0n) is 11.9. The summed E-state index contributed by atoms with van der Waals surface area (Å²) in [6, 6.07) is 5.45. The molecule has 1 aliphatic heterocycles. The molecule has 1 saturated heterocycles. The molecule has 1 aromatic carbocycles. The normalized spacial score (nSPS) is 17.6. The van der Waals surface area contributed by atoms with E-state index in [4.69, 9.17) is 9.47 Å². The number of fused-ring (bicyclic) bond motifs is 1. The zero-order chi connectivity index (χ0) is 15.2. The number of cyclic esters (lactones) is 2. The summed E-state index contributed by atoms with van der Waals surface area (Å²) in [5.41, 5.74) is 2.34. The fraction of sp³-hybridized carbons (Fsp3) is 0.267. The Morgan fingerprint density at radius 1 is 1.19 bits per heavy atom. The highest BCUT2D eigenvalue weighted by atomic mass is 16.7. The van der Waals surface area contributed by atoms with Crippen LogP contribution in [0.3, 0.4) is 0 Å². The van der Waals surface area contributed by atoms with Crippen LogP contribution in [-0.4, -0.2) is 27.3 Å². The molecular weight excluding hydrogens is 272 g/mol. The lowest BCUT2D eigenvalue weighted by Gasteiger charge is -2.29. The molecule has 6 heteroatoms. The highest BCUT2D eigenvalue weighted by molar-refractivity contribution is 6.19. The van der Waals surface area contributed by atoms with E-state index < -0.39 is 17.7 Å². The highest BCUT2D eigenvalue weighted by Crippen LogP contribution is 2.25. The Hall–Kier alpha value is -2.63. The third-order valence-electron chi connectivity index (χ3n) is 3.18. The number of carbonyl (C=O) groups is 2. The molecule has 0 radical (unpaired) electrons. The van der Waals surface area contributed by atoms with E-state index >= 15 is 0 Å². The summed E-state index contributed by atoms with van der Waals surface area (Å²) in [6.45, 7) is 3.03. The lowest BCUT2D eigenvalue weighted by molar-refractivity contribution is -0.222. The lowest BCUT2D eigenvalue weighted by atomic mass is 10.1. The van der Waals surface area contributed by atoms with Crippen LogP contribution >= 0.6 is 0 Å². The van der Waals surface area contributed by atoms with Gasteiger partial charge in [0.15, 0.2) is 0 Å². The van der Waals surface area contributed by atoms with Crippen molar-refractivity contribution in [3.05, 3.63) is 35.7 Å². The first-order valence-electron chi connectivity index (χ1n) is 6.45. The molecule has 1 aromatic heterocycles. The van der Waals surface area contributed by atoms with Crippen LogP contribution in [0.1, 0.15) is 19.4 Å². The summed E-state index contributed by atoms with van der Waals surface area (Å²) in [5.74, 6) is -2.58. The molecule has 0 N–H and O–H groups in total. The van der Waals surface area contributed by atoms with E-state index in [-0.39, 0.29) is 5.57 Å². The molecule has 2 aromatic rings. The van der Waals surface area contributed by atoms with Crippen molar-refractivity contribution in [1.82, 2.24) is 9.55 Å². The fourth-order valence-electron chi connectivity index (χ4n) is 2.18. The molecule has 0 saturated carbocycles. The third kappa shape index (κ3) is 2.40. The maximum atomic E-state index is 11.9. The Kier molecular flexibility index (Phi) is 2.83. The van der Waals surface area contributed by atoms with Crippen molar-refractivity contribution in [3.63, 3.8) is 0 Å². The SMILES string of the molecule is Cn1cnc2ccc(C=C3C(=O)OC(C)(C)OC3=O)cc21. The number of nitrogens with zero attached hydrogens (tertiary/aromatic N) is 2. The average Bonchev–Trinajstić information content (AvgIpc) is 2.74. The number of hydrogen-bond acceptors (Lipinski definition) is 5. The minimum atomic E-state index is -1.22. The monoisotopic (exact) mass is 286 g/mol. The van der Waals surface area contributed by atoms with Crippen molar-refractivity contribution in [2.24, 2.45) is 7.05 Å². The first kappa shape index (κ1) is 13.4. The van der Waals surface area contributed by atoms with Crippen molar-refractivity contribution in [1.29, 1.82) is 0 Å². The Morgan fingerprint density at radius 2 is 1.86 bits per heavy atom. The van der Waals surface area contributed by atoms with Crippen LogP contribution in [0.5, 0.6) is 0 Å². The van der Waals surface area contributed by atoms with E-state index in [0.717, 1.165) is 11.0 Å². The number of aryl methyl sites for hydroxylation is 1. The quantitative estimate of drug-likeness (QED) is 0.454. The van der Waals surface area contributed by atoms with Gasteiger partial charge in [-0.3, -0.25) is 0 Å². The van der Waals surface area contributed by atoms with Crippen molar-refractivity contribution in [2.75, 3.05) is 0 Å². The maximum absolute atomic E-state index is 11.9. The van der Waals surface area contributed by atoms with Gasteiger partial charge >= 0.3 is 11.9 Å². The van der Waals surface area contributed by atoms with Crippen molar-refractivity contribution in [2.45, 2.75) is 19.6 Å². The van der Waals surface area contributed by atoms with Crippen LogP contribution in [0.4, 0.5) is 0 Å². The molecular formula is C15H14N2O4. The van der Waals surface area contributed by atoms with E-state index in [2.05, 4.69) is 4.98 Å². The van der Waals surface area contributed by atoms with Gasteiger partial charge in [-0.25, -0.2) is 14.6 Å². The van der Waals surface area contributed by atoms with E-state index in [1.54, 1.807) is 12.4 Å². The van der Waals surface area contributed by atoms with Crippen LogP contribution in [0, 0.1) is 0 Å². The third-order valence-corrected chi connectivity index (χ3v) is 3.18. The molecule has 1 aliphatic rings. The Labute approximate surface area is 121 Å². The fourth-order valence-corrected chi connectivity index (χ4v) is 2.18. The van der Waals surface area contributed by atoms with Gasteiger partial charge in [-0.15, -0.1) is 0 Å². The predicted octanol–water partition coefficient (Wildman–Crippen LogP) is 1.79. The average molecular weight is 286 g/mol. The molecule has 0 unspecified atom stereocenters. The van der Waals surface area contributed by atoms with Gasteiger partial charge in [0.05, 0.1) is 17.4 Å². The molecule has 6 nitrogen and oxygen atoms in total. The van der Waals surface area contributed by atoms with Gasteiger partial charge in [-0.1, -0.05) is 6.07 Å². The zero-order valence-corrected chi connectivity index (χ0v) is 11.9. The summed E-state index contributed by atoms with van der Waals surface area (Å²) in [5, 5.41) is 0. The number of ether oxygens (including phenoxy) is 2. The number of imidazole rings is 1. The van der Waals surface area contributed by atoms with Gasteiger partial charge in [0.1, 0.15) is 5.57 Å². The van der Waals surface area contributed by atoms with Crippen LogP contribution < -0.4 is 0 Å². The number of carbonyl (C=O) groups excluding carboxylic acids is 2. The van der Waals surface area contributed by atoms with E-state index in [0.29, 0.717) is 5.56 Å². The van der Waals surface area contributed by atoms with Gasteiger partial charge < -0.3 is 14.0 Å². The highest BCUT2D eigenvalue weighted by Gasteiger charge is 2.38. The van der Waals surface area contributed by atoms with E-state index in [1.807, 2.05) is 23.7 Å². The second-order valence-corrected chi connectivity index (χ2v) is 5.34. The number of benzene rings is 1. The molecule has 108 valence electrons. The van der Waals surface area contributed by atoms with E-state index in [1.165, 1.54) is 19.9 Å². The Morgan fingerprint density at radius 3 is 2.52 bits per heavy atom. The van der Waals surface area contributed by atoms with Gasteiger partial charge in [0.2, 0.25) is 0 Å². The second-order valence-electron chi connectivity index (χ2n) is 5.34. The lowest BCUT2D eigenvalue weighted by Crippen LogP contribution is -2.41. The summed E-state index contributed by atoms with van der Waals surface area (Å²) < 4.78 is 12.0. The minimum Gasteiger partial charge on any atom is -0.419 e. The van der Waals surface area contributed by atoms with Crippen LogP contribution in [0.2, 0.25) is 0 Å². The first-order valence-corrected chi connectivity index (χ1v) is 6.45. The molecule has 2 heterocycles. The standard InChI is InChI=1S/C15H14N2O4/c1-15(2)20-13(18)10(14(19)21-15)6-9-4-5-11-12(7-9)17(3)8-16-11/h4-8H,1-3H3. The van der Waals surface area contributed by atoms with Gasteiger partial charge in [0.25, 0.3) is 5.79 Å². The van der Waals surface area contributed by atoms with Crippen LogP contribution in [-0.2, 0) is 26.1 Å². The summed E-state index contributed by atoms with van der Waals surface area (Å²) >= 11 is 0. The minimum absolute atomic E-state index is 0.115. The maximum Gasteiger partial charge on any atom is 0.348 e. The van der Waals surface area contributed by atoms with E-state index in [9.17, 15) is 9.59 Å². The number of aromatic nitrogens is 2. The van der Waals surface area contributed by atoms with Crippen molar-refractivity contribution >= 4 is 29.0 Å². The van der Waals surface area contributed by atoms with Crippen LogP contribution in [0.15, 0.2) is 30.1 Å². The molecule has 0 aliphatic carbocycles. The Bertz CT molecular complexity index is 764. The molecule has 0 atom stereocenters. The molecule has 0 bridgehead atoms. The molecule has 21 heavy (non-hydrogen) atoms. The number of esters is 2. The molecule has 0 amide bonds. The molecule has 1 fully saturated rings. The van der Waals surface area contributed by atoms with Gasteiger partial charge in [-0.05, 0) is 23.8 Å². The second kappa shape index (κ2) is 4.44. The van der Waals surface area contributed by atoms with Gasteiger partial charge in [-0.2, -0.15) is 0 Å². The van der Waals surface area contributed by atoms with Gasteiger partial charge in [0, 0.05) is 20.9 Å². The summed E-state index contributed by atoms with van der Waals surface area (Å²) in [7, 11) is 1.87. The van der Waals surface area contributed by atoms with Crippen LogP contribution in [0.25, 0.3) is 17.1 Å². The first-order chi connectivity index (χ1) is 9.85. The topological polar surface area (TPSA) is 70.4 Å². The Balaban J connectivity index is 2.01. The summed E-state index contributed by atoms with van der Waals surface area (Å²) in [6.07, 6.45) is 3.17. The number of hydrogen-bond donors (Lipinski definition) is 0.